The van der Waals surface area contributed by atoms with Gasteiger partial charge in [0.1, 0.15) is 12.3 Å². The zero-order valence-corrected chi connectivity index (χ0v) is 23.4. The second kappa shape index (κ2) is 12.4. The fraction of sp³-hybridized carbons (Fsp3) is 0.481. The van der Waals surface area contributed by atoms with Crippen molar-refractivity contribution in [3.63, 3.8) is 0 Å². The maximum absolute atomic E-state index is 13.3. The Morgan fingerprint density at radius 3 is 2.31 bits per heavy atom. The summed E-state index contributed by atoms with van der Waals surface area (Å²) >= 11 is 18.8. The quantitative estimate of drug-likeness (QED) is 0.430. The third kappa shape index (κ3) is 6.51. The number of nitrogens with zero attached hydrogens (tertiary/aromatic N) is 2. The second-order valence-electron chi connectivity index (χ2n) is 9.32. The Balaban J connectivity index is 0.00000167. The number of carbonyl (C=O) groups excluding carboxylic acids is 1. The molecular formula is C27H36Cl3N4O+. The highest BCUT2D eigenvalue weighted by Crippen LogP contribution is 2.42. The molecule has 190 valence electrons. The largest absolute Gasteiger partial charge is 0.312 e. The molecule has 0 spiro atoms. The Hall–Kier alpha value is -1.79. The number of benzene rings is 2. The Labute approximate surface area is 224 Å². The summed E-state index contributed by atoms with van der Waals surface area (Å²) in [5, 5.41) is 9.29. The smallest absolute Gasteiger partial charge is 0.263 e. The molecule has 2 aromatic carbocycles. The molecule has 5 unspecified atom stereocenters. The Morgan fingerprint density at radius 1 is 1.06 bits per heavy atom. The number of carbonyl (C=O) groups is 1. The van der Waals surface area contributed by atoms with Crippen LogP contribution in [0.15, 0.2) is 47.6 Å². The van der Waals surface area contributed by atoms with E-state index in [0.29, 0.717) is 38.3 Å². The van der Waals surface area contributed by atoms with Crippen molar-refractivity contribution < 1.29 is 9.80 Å². The van der Waals surface area contributed by atoms with Gasteiger partial charge in [-0.1, -0.05) is 87.5 Å². The van der Waals surface area contributed by atoms with E-state index in [0.717, 1.165) is 17.1 Å². The number of nitrogens with one attached hydrogen (secondary N) is 2. The number of quaternary nitrogens is 1. The number of hydrazone groups is 1. The minimum absolute atomic E-state index is 0.155. The van der Waals surface area contributed by atoms with Gasteiger partial charge in [-0.05, 0) is 48.2 Å². The number of hydrogen-bond donors (Lipinski definition) is 2. The van der Waals surface area contributed by atoms with Crippen molar-refractivity contribution in [1.29, 1.82) is 0 Å². The average Bonchev–Trinajstić information content (AvgIpc) is 3.38. The highest BCUT2D eigenvalue weighted by Gasteiger charge is 2.41. The van der Waals surface area contributed by atoms with Gasteiger partial charge in [-0.25, -0.2) is 5.01 Å². The molecule has 8 heteroatoms. The lowest BCUT2D eigenvalue weighted by Gasteiger charge is -2.27. The van der Waals surface area contributed by atoms with Crippen molar-refractivity contribution in [2.75, 3.05) is 18.6 Å². The molecule has 0 radical (unpaired) electrons. The summed E-state index contributed by atoms with van der Waals surface area (Å²) in [6.07, 6.45) is 3.78. The van der Waals surface area contributed by atoms with E-state index in [1.54, 1.807) is 12.1 Å². The highest BCUT2D eigenvalue weighted by molar-refractivity contribution is 6.40. The first-order valence-electron chi connectivity index (χ1n) is 12.5. The third-order valence-corrected chi connectivity index (χ3v) is 7.71. The lowest BCUT2D eigenvalue weighted by molar-refractivity contribution is -0.919. The van der Waals surface area contributed by atoms with Crippen LogP contribution in [-0.2, 0) is 4.79 Å². The predicted molar refractivity (Wildman–Crippen MR) is 147 cm³/mol. The number of amides is 1. The summed E-state index contributed by atoms with van der Waals surface area (Å²) in [4.78, 5) is 13.3. The molecule has 5 atom stereocenters. The summed E-state index contributed by atoms with van der Waals surface area (Å²) in [5.74, 6) is 1.03. The van der Waals surface area contributed by atoms with Crippen molar-refractivity contribution >= 4 is 52.1 Å². The van der Waals surface area contributed by atoms with Gasteiger partial charge in [0.15, 0.2) is 0 Å². The predicted octanol–water partition coefficient (Wildman–Crippen LogP) is 6.21. The second-order valence-corrected chi connectivity index (χ2v) is 10.6. The van der Waals surface area contributed by atoms with Crippen LogP contribution in [0, 0.1) is 17.8 Å². The maximum atomic E-state index is 13.3. The fourth-order valence-electron chi connectivity index (χ4n) is 5.07. The van der Waals surface area contributed by atoms with Crippen molar-refractivity contribution in [2.45, 2.75) is 53.0 Å². The SMILES string of the molecule is CC.CC1CCCC1C[NH+](C)NC(=O)C1=NN(c2ccc(Cl)cc2Cl)C(c2ccc(Cl)cc2)C1C. The molecule has 2 aliphatic rings. The summed E-state index contributed by atoms with van der Waals surface area (Å²) < 4.78 is 0. The monoisotopic (exact) mass is 537 g/mol. The Morgan fingerprint density at radius 2 is 1.71 bits per heavy atom. The van der Waals surface area contributed by atoms with Crippen molar-refractivity contribution in [3.8, 4) is 0 Å². The Bertz CT molecular complexity index is 1040. The standard InChI is InChI=1S/C25H29Cl3N4O.C2H6/c1-15-5-4-6-18(15)14-31(3)30-25(33)23-16(2)24(17-7-9-19(26)10-8-17)32(29-23)22-12-11-20(27)13-21(22)28;1-2/h7-13,15-16,18,24H,4-6,14H2,1-3H3,(H,30,33);1-2H3/p+1. The van der Waals surface area contributed by atoms with Gasteiger partial charge in [0, 0.05) is 21.9 Å². The Kier molecular flexibility index (Phi) is 9.88. The average molecular weight is 539 g/mol. The van der Waals surface area contributed by atoms with Crippen LogP contribution in [0.5, 0.6) is 0 Å². The van der Waals surface area contributed by atoms with Crippen LogP contribution in [0.25, 0.3) is 0 Å². The fourth-order valence-corrected chi connectivity index (χ4v) is 5.69. The molecule has 1 heterocycles. The molecule has 0 aromatic heterocycles. The van der Waals surface area contributed by atoms with E-state index >= 15 is 0 Å². The number of halogens is 3. The van der Waals surface area contributed by atoms with Gasteiger partial charge >= 0.3 is 5.91 Å². The summed E-state index contributed by atoms with van der Waals surface area (Å²) in [7, 11) is 2.01. The van der Waals surface area contributed by atoms with Crippen LogP contribution in [0.1, 0.15) is 58.6 Å². The molecule has 4 rings (SSSR count). The highest BCUT2D eigenvalue weighted by atomic mass is 35.5. The van der Waals surface area contributed by atoms with Crippen LogP contribution < -0.4 is 15.4 Å². The topological polar surface area (TPSA) is 49.1 Å². The van der Waals surface area contributed by atoms with Gasteiger partial charge in [0.2, 0.25) is 0 Å². The number of anilines is 1. The molecule has 1 saturated carbocycles. The molecular weight excluding hydrogens is 503 g/mol. The van der Waals surface area contributed by atoms with E-state index < -0.39 is 0 Å². The molecule has 35 heavy (non-hydrogen) atoms. The molecule has 2 aromatic rings. The first kappa shape index (κ1) is 27.8. The minimum Gasteiger partial charge on any atom is -0.263 e. The van der Waals surface area contributed by atoms with Crippen LogP contribution in [0.4, 0.5) is 5.69 Å². The number of hydrogen-bond acceptors (Lipinski definition) is 3. The zero-order valence-electron chi connectivity index (χ0n) is 21.1. The molecule has 5 nitrogen and oxygen atoms in total. The number of rotatable bonds is 6. The van der Waals surface area contributed by atoms with E-state index in [-0.39, 0.29) is 17.9 Å². The summed E-state index contributed by atoms with van der Waals surface area (Å²) in [6.45, 7) is 9.25. The molecule has 0 saturated heterocycles. The van der Waals surface area contributed by atoms with Crippen LogP contribution in [-0.4, -0.2) is 25.2 Å². The van der Waals surface area contributed by atoms with E-state index in [4.69, 9.17) is 39.9 Å². The van der Waals surface area contributed by atoms with Crippen molar-refractivity contribution in [1.82, 2.24) is 5.43 Å². The zero-order chi connectivity index (χ0) is 25.7. The van der Waals surface area contributed by atoms with Gasteiger partial charge in [0.05, 0.1) is 23.8 Å². The molecule has 1 aliphatic carbocycles. The van der Waals surface area contributed by atoms with Crippen LogP contribution >= 0.6 is 34.8 Å². The molecule has 2 N–H and O–H groups in total. The van der Waals surface area contributed by atoms with Crippen LogP contribution in [0.2, 0.25) is 15.1 Å². The van der Waals surface area contributed by atoms with Crippen molar-refractivity contribution in [3.05, 3.63) is 63.1 Å². The minimum atomic E-state index is -0.197. The van der Waals surface area contributed by atoms with Gasteiger partial charge < -0.3 is 0 Å². The normalized spacial score (nSPS) is 24.5. The summed E-state index contributed by atoms with van der Waals surface area (Å²) in [5.41, 5.74) is 5.32. The summed E-state index contributed by atoms with van der Waals surface area (Å²) in [6, 6.07) is 12.7. The molecule has 1 fully saturated rings. The lowest BCUT2D eigenvalue weighted by Crippen LogP contribution is -3.17. The van der Waals surface area contributed by atoms with E-state index in [2.05, 4.69) is 12.3 Å². The van der Waals surface area contributed by atoms with E-state index in [9.17, 15) is 4.79 Å². The van der Waals surface area contributed by atoms with Gasteiger partial charge in [0.25, 0.3) is 0 Å². The van der Waals surface area contributed by atoms with Gasteiger partial charge in [-0.15, -0.1) is 0 Å². The van der Waals surface area contributed by atoms with E-state index in [1.165, 1.54) is 19.3 Å². The molecule has 1 aliphatic heterocycles. The molecule has 0 bridgehead atoms. The molecule has 1 amide bonds. The third-order valence-electron chi connectivity index (χ3n) is 6.92. The lowest BCUT2D eigenvalue weighted by atomic mass is 9.91. The van der Waals surface area contributed by atoms with Crippen LogP contribution in [0.3, 0.4) is 0 Å². The maximum Gasteiger partial charge on any atom is 0.312 e. The first-order valence-corrected chi connectivity index (χ1v) is 13.6. The first-order chi connectivity index (χ1) is 16.7. The van der Waals surface area contributed by atoms with Crippen molar-refractivity contribution in [2.24, 2.45) is 22.9 Å². The van der Waals surface area contributed by atoms with E-state index in [1.807, 2.05) is 63.2 Å². The van der Waals surface area contributed by atoms with Gasteiger partial charge in [-0.3, -0.25) is 9.80 Å². The van der Waals surface area contributed by atoms with Gasteiger partial charge in [-0.2, -0.15) is 10.5 Å².